The molecule has 4 atom stereocenters. The zero-order chi connectivity index (χ0) is 55.0. The number of carbonyl (C=O) groups is 1. The minimum atomic E-state index is -4.51. The molecule has 0 aliphatic carbocycles. The molecular weight excluding hydrogens is 1030 g/mol. The molecule has 6 aromatic rings. The first-order valence-electron chi connectivity index (χ1n) is 24.9. The molecule has 0 saturated carbocycles. The zero-order valence-corrected chi connectivity index (χ0v) is 42.6. The molecule has 4 bridgehead atoms. The van der Waals surface area contributed by atoms with E-state index in [1.807, 2.05) is 27.7 Å². The minimum absolute atomic E-state index is 0.0848. The number of anilines is 6. The van der Waals surface area contributed by atoms with Gasteiger partial charge in [-0.1, -0.05) is 24.3 Å². The number of halogens is 6. The van der Waals surface area contributed by atoms with Crippen LogP contribution in [-0.4, -0.2) is 134 Å². The van der Waals surface area contributed by atoms with Gasteiger partial charge in [0, 0.05) is 43.3 Å². The summed E-state index contributed by atoms with van der Waals surface area (Å²) in [6.45, 7) is 12.0. The Morgan fingerprint density at radius 3 is 1.87 bits per heavy atom. The van der Waals surface area contributed by atoms with Crippen LogP contribution < -0.4 is 40.5 Å². The van der Waals surface area contributed by atoms with Crippen molar-refractivity contribution >= 4 is 40.7 Å². The van der Waals surface area contributed by atoms with Gasteiger partial charge in [-0.3, -0.25) is 20.2 Å². The van der Waals surface area contributed by atoms with E-state index < -0.39 is 41.1 Å². The molecule has 0 radical (unpaired) electrons. The van der Waals surface area contributed by atoms with Crippen LogP contribution in [0, 0.1) is 0 Å². The van der Waals surface area contributed by atoms with Crippen LogP contribution in [0.4, 0.5) is 65.8 Å². The number of rotatable bonds is 9. The van der Waals surface area contributed by atoms with Crippen LogP contribution in [0.1, 0.15) is 51.7 Å². The van der Waals surface area contributed by atoms with Crippen molar-refractivity contribution in [3.63, 3.8) is 0 Å². The van der Waals surface area contributed by atoms with E-state index in [2.05, 4.69) is 60.3 Å². The fourth-order valence-electron chi connectivity index (χ4n) is 9.45. The van der Waals surface area contributed by atoms with E-state index >= 15 is 0 Å². The number of nitrogens with one attached hydrogen (secondary N) is 2. The van der Waals surface area contributed by atoms with Crippen molar-refractivity contribution in [3.05, 3.63) is 96.8 Å². The zero-order valence-electron chi connectivity index (χ0n) is 42.6. The van der Waals surface area contributed by atoms with E-state index in [-0.39, 0.29) is 47.9 Å². The van der Waals surface area contributed by atoms with Crippen molar-refractivity contribution in [2.45, 2.75) is 88.8 Å². The quantitative estimate of drug-likeness (QED) is 0.117. The maximum atomic E-state index is 13.5. The highest BCUT2D eigenvalue weighted by atomic mass is 19.4. The van der Waals surface area contributed by atoms with Gasteiger partial charge in [-0.15, -0.1) is 0 Å². The SMILES string of the molecule is CC1(C)OC[C@H](COc2cncc(N)n2)O1.CC1(C)OC[C@H](COc2cncc(NC(=O)N3c4nc(-c5cccc(C(F)(F)F)c5)ncc4N4CC[C@H]3C4)n2)O1.FC(F)(F)c1cccc(-c2ncc3c(n2)N[C@H]2CCN3C2)c1. The Kier molecular flexibility index (Phi) is 14.8. The van der Waals surface area contributed by atoms with E-state index in [0.717, 1.165) is 49.5 Å². The number of nitrogens with zero attached hydrogens (tertiary/aromatic N) is 11. The number of hydrogen-bond donors (Lipinski definition) is 3. The molecule has 0 spiro atoms. The van der Waals surface area contributed by atoms with Crippen molar-refractivity contribution < 1.29 is 59.6 Å². The Balaban J connectivity index is 0.000000151. The molecule has 0 unspecified atom stereocenters. The maximum absolute atomic E-state index is 13.5. The molecule has 6 aliphatic rings. The summed E-state index contributed by atoms with van der Waals surface area (Å²) >= 11 is 0. The lowest BCUT2D eigenvalue weighted by atomic mass is 10.1. The fraction of sp³-hybridized carbons (Fsp3) is 0.431. The summed E-state index contributed by atoms with van der Waals surface area (Å²) in [5, 5.41) is 6.08. The third-order valence-corrected chi connectivity index (χ3v) is 13.0. The van der Waals surface area contributed by atoms with Crippen LogP contribution in [0.2, 0.25) is 0 Å². The highest BCUT2D eigenvalue weighted by Crippen LogP contribution is 2.41. The van der Waals surface area contributed by atoms with Crippen LogP contribution in [-0.2, 0) is 31.3 Å². The molecule has 21 nitrogen and oxygen atoms in total. The van der Waals surface area contributed by atoms with Crippen LogP contribution in [0.5, 0.6) is 11.8 Å². The number of hydrogen-bond acceptors (Lipinski definition) is 19. The summed E-state index contributed by atoms with van der Waals surface area (Å²) in [6, 6.07) is 9.56. The van der Waals surface area contributed by atoms with Gasteiger partial charge in [0.15, 0.2) is 40.7 Å². The first-order chi connectivity index (χ1) is 37.1. The summed E-state index contributed by atoms with van der Waals surface area (Å²) in [5.41, 5.74) is 6.09. The second-order valence-corrected chi connectivity index (χ2v) is 19.8. The van der Waals surface area contributed by atoms with Crippen molar-refractivity contribution in [3.8, 4) is 34.5 Å². The van der Waals surface area contributed by atoms with E-state index in [9.17, 15) is 31.1 Å². The average Bonchev–Trinajstić information content (AvgIpc) is 4.33. The molecule has 4 N–H and O–H groups in total. The Morgan fingerprint density at radius 2 is 1.28 bits per heavy atom. The van der Waals surface area contributed by atoms with Crippen LogP contribution in [0.15, 0.2) is 85.7 Å². The molecular formula is C51H54F6N14O7. The number of fused-ring (bicyclic) bond motifs is 8. The number of urea groups is 1. The molecule has 412 valence electrons. The Morgan fingerprint density at radius 1 is 0.718 bits per heavy atom. The van der Waals surface area contributed by atoms with Gasteiger partial charge in [0.05, 0.1) is 78.9 Å². The van der Waals surface area contributed by atoms with Gasteiger partial charge < -0.3 is 49.3 Å². The number of carbonyl (C=O) groups excluding carboxylic acids is 1. The molecule has 12 rings (SSSR count). The van der Waals surface area contributed by atoms with Crippen molar-refractivity contribution in [1.82, 2.24) is 39.9 Å². The maximum Gasteiger partial charge on any atom is 0.416 e. The second kappa shape index (κ2) is 21.6. The summed E-state index contributed by atoms with van der Waals surface area (Å²) in [6.07, 6.45) is 1.53. The Hall–Kier alpha value is -7.75. The third-order valence-electron chi connectivity index (χ3n) is 13.0. The molecule has 4 fully saturated rings. The van der Waals surface area contributed by atoms with Gasteiger partial charge in [0.2, 0.25) is 11.8 Å². The second-order valence-electron chi connectivity index (χ2n) is 19.8. The van der Waals surface area contributed by atoms with Crippen molar-refractivity contribution in [1.29, 1.82) is 0 Å². The highest BCUT2D eigenvalue weighted by Gasteiger charge is 2.42. The largest absolute Gasteiger partial charge is 0.474 e. The van der Waals surface area contributed by atoms with Crippen molar-refractivity contribution in [2.24, 2.45) is 0 Å². The predicted molar refractivity (Wildman–Crippen MR) is 271 cm³/mol. The molecule has 10 heterocycles. The molecule has 78 heavy (non-hydrogen) atoms. The lowest BCUT2D eigenvalue weighted by molar-refractivity contribution is -0.142. The number of aromatic nitrogens is 8. The topological polar surface area (TPSA) is 235 Å². The van der Waals surface area contributed by atoms with Gasteiger partial charge in [-0.25, -0.2) is 24.7 Å². The van der Waals surface area contributed by atoms with Gasteiger partial charge in [0.1, 0.15) is 31.2 Å². The molecule has 2 amide bonds. The normalized spacial score (nSPS) is 21.3. The number of alkyl halides is 6. The summed E-state index contributed by atoms with van der Waals surface area (Å²) in [7, 11) is 0. The first kappa shape index (κ1) is 53.6. The Bertz CT molecular complexity index is 3140. The number of benzene rings is 2. The summed E-state index contributed by atoms with van der Waals surface area (Å²) in [5.74, 6) is 1.30. The summed E-state index contributed by atoms with van der Waals surface area (Å²) < 4.78 is 112. The lowest BCUT2D eigenvalue weighted by Gasteiger charge is -2.35. The first-order valence-corrected chi connectivity index (χ1v) is 24.9. The smallest absolute Gasteiger partial charge is 0.416 e. The minimum Gasteiger partial charge on any atom is -0.474 e. The van der Waals surface area contributed by atoms with Gasteiger partial charge in [-0.05, 0) is 64.8 Å². The van der Waals surface area contributed by atoms with Crippen LogP contribution in [0.3, 0.4) is 0 Å². The average molecular weight is 1090 g/mol. The van der Waals surface area contributed by atoms with Crippen LogP contribution in [0.25, 0.3) is 22.8 Å². The van der Waals surface area contributed by atoms with Crippen LogP contribution >= 0.6 is 0 Å². The highest BCUT2D eigenvalue weighted by molar-refractivity contribution is 6.04. The van der Waals surface area contributed by atoms with E-state index in [0.29, 0.717) is 85.8 Å². The number of nitrogen functional groups attached to an aromatic ring is 1. The van der Waals surface area contributed by atoms with E-state index in [1.165, 1.54) is 47.9 Å². The number of nitrogens with two attached hydrogens (primary N) is 1. The van der Waals surface area contributed by atoms with Gasteiger partial charge in [-0.2, -0.15) is 36.3 Å². The lowest BCUT2D eigenvalue weighted by Crippen LogP contribution is -2.48. The third kappa shape index (κ3) is 12.6. The molecule has 2 aromatic carbocycles. The number of ether oxygens (including phenoxy) is 6. The molecule has 4 saturated heterocycles. The number of amides is 2. The molecule has 4 aromatic heterocycles. The standard InChI is InChI=1S/C26H26F3N7O4.C15H13F3N4.C10H15N3O3/c1-25(2)39-14-18(40-25)13-38-21-11-30-10-20(32-21)33-24(37)36-17-6-7-35(12-17)19-9-31-22(34-23(19)36)15-4-3-5-16(8-15)26(27,28)29;16-15(17,18)10-3-1-2-9(6-10)13-19-7-12-14(21-13)20-11-4-5-22(12)8-11;1-10(2)15-6-7(16-10)5-14-9-4-12-3-8(11)13-9/h3-5,8-11,17-18H,6-7,12-14H2,1-2H3,(H,32,33,37);1-3,6-7,11H,4-5,8H2,(H,19,20,21);3-4,7H,5-6H2,1-2H3,(H2,11,13)/t17-,18-;11-;7-/m000/s1. The van der Waals surface area contributed by atoms with Gasteiger partial charge in [0.25, 0.3) is 0 Å². The van der Waals surface area contributed by atoms with Crippen molar-refractivity contribution in [2.75, 3.05) is 83.7 Å². The van der Waals surface area contributed by atoms with E-state index in [1.54, 1.807) is 18.5 Å². The molecule has 6 aliphatic heterocycles. The monoisotopic (exact) mass is 1090 g/mol. The fourth-order valence-corrected chi connectivity index (χ4v) is 9.45. The predicted octanol–water partition coefficient (Wildman–Crippen LogP) is 7.87. The van der Waals surface area contributed by atoms with E-state index in [4.69, 9.17) is 34.2 Å². The molecule has 27 heteroatoms. The Labute approximate surface area is 442 Å². The summed E-state index contributed by atoms with van der Waals surface area (Å²) in [4.78, 5) is 53.1. The van der Waals surface area contributed by atoms with Gasteiger partial charge >= 0.3 is 18.4 Å².